The van der Waals surface area contributed by atoms with Crippen LogP contribution in [0.5, 0.6) is 0 Å². The van der Waals surface area contributed by atoms with Gasteiger partial charge in [0, 0.05) is 25.7 Å². The van der Waals surface area contributed by atoms with Crippen LogP contribution in [0.4, 0.5) is 13.2 Å². The second-order valence-corrected chi connectivity index (χ2v) is 7.46. The number of aryl methyl sites for hydroxylation is 1. The van der Waals surface area contributed by atoms with Gasteiger partial charge in [0.1, 0.15) is 16.5 Å². The zero-order chi connectivity index (χ0) is 22.2. The van der Waals surface area contributed by atoms with Gasteiger partial charge in [0.05, 0.1) is 17.0 Å². The SMILES string of the molecule is Cc1nc(-c2ccc(C(F)(F)F)cc2)sc1C(=O)OCc1cc(=O)n(C)c(=O)n1C. The first-order valence-corrected chi connectivity index (χ1v) is 9.39. The zero-order valence-electron chi connectivity index (χ0n) is 16.1. The molecule has 0 spiro atoms. The van der Waals surface area contributed by atoms with Crippen molar-refractivity contribution in [2.45, 2.75) is 19.7 Å². The zero-order valence-corrected chi connectivity index (χ0v) is 16.9. The van der Waals surface area contributed by atoms with Crippen LogP contribution in [0.15, 0.2) is 39.9 Å². The van der Waals surface area contributed by atoms with Gasteiger partial charge < -0.3 is 4.74 Å². The number of hydrogen-bond acceptors (Lipinski definition) is 6. The third-order valence-corrected chi connectivity index (χ3v) is 5.60. The molecule has 2 aromatic heterocycles. The van der Waals surface area contributed by atoms with Crippen molar-refractivity contribution < 1.29 is 22.7 Å². The molecular weight excluding hydrogens is 423 g/mol. The fourth-order valence-corrected chi connectivity index (χ4v) is 3.60. The number of rotatable bonds is 4. The molecule has 11 heteroatoms. The highest BCUT2D eigenvalue weighted by Gasteiger charge is 2.30. The number of nitrogens with zero attached hydrogens (tertiary/aromatic N) is 3. The molecule has 30 heavy (non-hydrogen) atoms. The third-order valence-electron chi connectivity index (χ3n) is 4.42. The number of ether oxygens (including phenoxy) is 1. The number of halogens is 3. The maximum absolute atomic E-state index is 12.7. The molecule has 0 aliphatic heterocycles. The molecule has 0 atom stereocenters. The summed E-state index contributed by atoms with van der Waals surface area (Å²) in [6.07, 6.45) is -4.44. The van der Waals surface area contributed by atoms with Gasteiger partial charge in [0.15, 0.2) is 0 Å². The summed E-state index contributed by atoms with van der Waals surface area (Å²) in [5.41, 5.74) is -0.836. The van der Waals surface area contributed by atoms with Crippen LogP contribution in [-0.4, -0.2) is 20.1 Å². The van der Waals surface area contributed by atoms with Gasteiger partial charge >= 0.3 is 17.8 Å². The first-order valence-electron chi connectivity index (χ1n) is 8.57. The second-order valence-electron chi connectivity index (χ2n) is 6.46. The van der Waals surface area contributed by atoms with E-state index in [-0.39, 0.29) is 17.2 Å². The molecule has 158 valence electrons. The highest BCUT2D eigenvalue weighted by Crippen LogP contribution is 2.33. The van der Waals surface area contributed by atoms with Gasteiger partial charge in [-0.3, -0.25) is 13.9 Å². The molecular formula is C19H16F3N3O4S. The predicted octanol–water partition coefficient (Wildman–Crippen LogP) is 2.89. The van der Waals surface area contributed by atoms with Crippen LogP contribution in [0.3, 0.4) is 0 Å². The fraction of sp³-hybridized carbons (Fsp3) is 0.263. The maximum Gasteiger partial charge on any atom is 0.416 e. The average Bonchev–Trinajstić information content (AvgIpc) is 3.09. The molecule has 3 aromatic rings. The summed E-state index contributed by atoms with van der Waals surface area (Å²) in [5, 5.41) is 0.370. The largest absolute Gasteiger partial charge is 0.455 e. The quantitative estimate of drug-likeness (QED) is 0.584. The van der Waals surface area contributed by atoms with E-state index in [9.17, 15) is 27.6 Å². The Morgan fingerprint density at radius 1 is 1.13 bits per heavy atom. The lowest BCUT2D eigenvalue weighted by Gasteiger charge is -2.09. The molecule has 0 N–H and O–H groups in total. The summed E-state index contributed by atoms with van der Waals surface area (Å²) < 4.78 is 45.4. The van der Waals surface area contributed by atoms with Crippen molar-refractivity contribution in [3.8, 4) is 10.6 Å². The van der Waals surface area contributed by atoms with Crippen LogP contribution in [-0.2, 0) is 31.6 Å². The first kappa shape index (κ1) is 21.5. The highest BCUT2D eigenvalue weighted by molar-refractivity contribution is 7.17. The topological polar surface area (TPSA) is 83.2 Å². The lowest BCUT2D eigenvalue weighted by Crippen LogP contribution is -2.38. The molecule has 0 radical (unpaired) electrons. The number of esters is 1. The van der Waals surface area contributed by atoms with E-state index >= 15 is 0 Å². The molecule has 0 aliphatic carbocycles. The van der Waals surface area contributed by atoms with E-state index in [4.69, 9.17) is 4.74 Å². The average molecular weight is 439 g/mol. The number of carbonyl (C=O) groups is 1. The van der Waals surface area contributed by atoms with Crippen LogP contribution in [0.25, 0.3) is 10.6 Å². The van der Waals surface area contributed by atoms with Gasteiger partial charge in [0.25, 0.3) is 5.56 Å². The Kier molecular flexibility index (Phi) is 5.66. The van der Waals surface area contributed by atoms with E-state index in [0.717, 1.165) is 28.0 Å². The molecule has 0 saturated heterocycles. The summed E-state index contributed by atoms with van der Waals surface area (Å²) in [6, 6.07) is 5.65. The summed E-state index contributed by atoms with van der Waals surface area (Å²) in [4.78, 5) is 40.6. The van der Waals surface area contributed by atoms with E-state index in [1.54, 1.807) is 6.92 Å². The molecule has 7 nitrogen and oxygen atoms in total. The number of thiazole rings is 1. The molecule has 1 aromatic carbocycles. The van der Waals surface area contributed by atoms with Crippen molar-refractivity contribution in [2.75, 3.05) is 0 Å². The second kappa shape index (κ2) is 7.90. The lowest BCUT2D eigenvalue weighted by molar-refractivity contribution is -0.137. The van der Waals surface area contributed by atoms with Gasteiger partial charge in [0.2, 0.25) is 0 Å². The van der Waals surface area contributed by atoms with Crippen LogP contribution in [0, 0.1) is 6.92 Å². The van der Waals surface area contributed by atoms with Crippen molar-refractivity contribution in [2.24, 2.45) is 14.1 Å². The van der Waals surface area contributed by atoms with Crippen molar-refractivity contribution in [1.82, 2.24) is 14.1 Å². The summed E-state index contributed by atoms with van der Waals surface area (Å²) in [7, 11) is 2.79. The van der Waals surface area contributed by atoms with Gasteiger partial charge in [-0.05, 0) is 19.1 Å². The number of alkyl halides is 3. The fourth-order valence-electron chi connectivity index (χ4n) is 2.63. The lowest BCUT2D eigenvalue weighted by atomic mass is 10.1. The Morgan fingerprint density at radius 3 is 2.37 bits per heavy atom. The van der Waals surface area contributed by atoms with Crippen LogP contribution >= 0.6 is 11.3 Å². The van der Waals surface area contributed by atoms with Crippen LogP contribution in [0.1, 0.15) is 26.6 Å². The number of carbonyl (C=O) groups excluding carboxylic acids is 1. The Balaban J connectivity index is 1.79. The predicted molar refractivity (Wildman–Crippen MR) is 103 cm³/mol. The molecule has 0 amide bonds. The minimum atomic E-state index is -4.44. The summed E-state index contributed by atoms with van der Waals surface area (Å²) in [6.45, 7) is 1.28. The Hall–Kier alpha value is -3.21. The molecule has 0 bridgehead atoms. The third kappa shape index (κ3) is 4.20. The standard InChI is InChI=1S/C19H16F3N3O4S/c1-10-15(17(27)29-9-13-8-14(26)25(3)18(28)24(13)2)30-16(23-10)11-4-6-12(7-5-11)19(20,21)22/h4-8H,9H2,1-3H3. The number of benzene rings is 1. The summed E-state index contributed by atoms with van der Waals surface area (Å²) in [5.74, 6) is -0.712. The number of hydrogen-bond donors (Lipinski definition) is 0. The van der Waals surface area contributed by atoms with Crippen molar-refractivity contribution >= 4 is 17.3 Å². The molecule has 0 unspecified atom stereocenters. The maximum atomic E-state index is 12.7. The summed E-state index contributed by atoms with van der Waals surface area (Å²) >= 11 is 0.981. The Morgan fingerprint density at radius 2 is 1.77 bits per heavy atom. The monoisotopic (exact) mass is 439 g/mol. The number of aromatic nitrogens is 3. The van der Waals surface area contributed by atoms with Gasteiger partial charge in [-0.1, -0.05) is 12.1 Å². The van der Waals surface area contributed by atoms with E-state index in [1.807, 2.05) is 0 Å². The molecule has 0 aliphatic rings. The molecule has 0 fully saturated rings. The molecule has 2 heterocycles. The minimum Gasteiger partial charge on any atom is -0.455 e. The van der Waals surface area contributed by atoms with E-state index in [1.165, 1.54) is 36.9 Å². The van der Waals surface area contributed by atoms with E-state index < -0.39 is 29.0 Å². The van der Waals surface area contributed by atoms with Gasteiger partial charge in [-0.15, -0.1) is 11.3 Å². The van der Waals surface area contributed by atoms with Gasteiger partial charge in [-0.25, -0.2) is 14.6 Å². The van der Waals surface area contributed by atoms with Crippen molar-refractivity contribution in [3.05, 3.63) is 73.0 Å². The smallest absolute Gasteiger partial charge is 0.416 e. The van der Waals surface area contributed by atoms with Crippen LogP contribution in [0.2, 0.25) is 0 Å². The Labute approximate surface area is 172 Å². The first-order chi connectivity index (χ1) is 14.0. The van der Waals surface area contributed by atoms with Crippen molar-refractivity contribution in [1.29, 1.82) is 0 Å². The minimum absolute atomic E-state index is 0.179. The van der Waals surface area contributed by atoms with Crippen LogP contribution < -0.4 is 11.2 Å². The van der Waals surface area contributed by atoms with Gasteiger partial charge in [-0.2, -0.15) is 13.2 Å². The van der Waals surface area contributed by atoms with Crippen molar-refractivity contribution in [3.63, 3.8) is 0 Å². The highest BCUT2D eigenvalue weighted by atomic mass is 32.1. The normalized spacial score (nSPS) is 11.5. The Bertz CT molecular complexity index is 1220. The van der Waals surface area contributed by atoms with E-state index in [0.29, 0.717) is 16.3 Å². The molecule has 0 saturated carbocycles. The molecule has 3 rings (SSSR count). The van der Waals surface area contributed by atoms with E-state index in [2.05, 4.69) is 4.98 Å².